The fourth-order valence-corrected chi connectivity index (χ4v) is 2.83. The lowest BCUT2D eigenvalue weighted by molar-refractivity contribution is -0.117. The molecule has 1 aliphatic rings. The highest BCUT2D eigenvalue weighted by Gasteiger charge is 2.43. The maximum Gasteiger partial charge on any atom is 0.231 e. The van der Waals surface area contributed by atoms with Gasteiger partial charge in [-0.2, -0.15) is 0 Å². The average Bonchev–Trinajstić information content (AvgIpc) is 3.38. The van der Waals surface area contributed by atoms with E-state index in [1.54, 1.807) is 37.7 Å². The van der Waals surface area contributed by atoms with Gasteiger partial charge in [0.2, 0.25) is 5.91 Å². The molecule has 132 valence electrons. The zero-order chi connectivity index (χ0) is 18.3. The number of fused-ring (bicyclic) bond motifs is 1. The van der Waals surface area contributed by atoms with Crippen molar-refractivity contribution in [2.75, 3.05) is 18.2 Å². The molecule has 1 aromatic carbocycles. The fourth-order valence-electron chi connectivity index (χ4n) is 2.83. The van der Waals surface area contributed by atoms with Crippen molar-refractivity contribution in [2.24, 2.45) is 5.92 Å². The summed E-state index contributed by atoms with van der Waals surface area (Å²) in [6.45, 7) is 0. The Bertz CT molecular complexity index is 1010. The fraction of sp³-hybridized carbons (Fsp3) is 0.222. The summed E-state index contributed by atoms with van der Waals surface area (Å²) in [7, 11) is 1.58. The molecule has 1 fully saturated rings. The SMILES string of the molecule is COc1ccncc1-c1cc(N)c2nnc(NC(=O)[C@H]3C[C@H]3F)cc2c1. The summed E-state index contributed by atoms with van der Waals surface area (Å²) in [4.78, 5) is 16.0. The average molecular weight is 353 g/mol. The molecule has 2 heterocycles. The van der Waals surface area contributed by atoms with Crippen molar-refractivity contribution < 1.29 is 13.9 Å². The zero-order valence-electron chi connectivity index (χ0n) is 13.9. The van der Waals surface area contributed by atoms with Crippen molar-refractivity contribution in [1.82, 2.24) is 15.2 Å². The quantitative estimate of drug-likeness (QED) is 0.699. The minimum absolute atomic E-state index is 0.255. The first-order valence-corrected chi connectivity index (χ1v) is 8.07. The van der Waals surface area contributed by atoms with Gasteiger partial charge in [0.1, 0.15) is 17.4 Å². The Morgan fingerprint density at radius 1 is 1.35 bits per heavy atom. The van der Waals surface area contributed by atoms with Crippen molar-refractivity contribution >= 4 is 28.3 Å². The van der Waals surface area contributed by atoms with E-state index in [9.17, 15) is 9.18 Å². The van der Waals surface area contributed by atoms with Gasteiger partial charge in [0.05, 0.1) is 18.7 Å². The summed E-state index contributed by atoms with van der Waals surface area (Å²) in [6.07, 6.45) is 2.52. The number of alkyl halides is 1. The topological polar surface area (TPSA) is 103 Å². The van der Waals surface area contributed by atoms with Crippen LogP contribution in [0.3, 0.4) is 0 Å². The number of anilines is 2. The van der Waals surface area contributed by atoms with Crippen LogP contribution >= 0.6 is 0 Å². The van der Waals surface area contributed by atoms with Gasteiger partial charge < -0.3 is 15.8 Å². The molecule has 2 aromatic heterocycles. The number of hydrogen-bond acceptors (Lipinski definition) is 6. The highest BCUT2D eigenvalue weighted by atomic mass is 19.1. The van der Waals surface area contributed by atoms with Crippen LogP contribution in [0.2, 0.25) is 0 Å². The molecule has 26 heavy (non-hydrogen) atoms. The summed E-state index contributed by atoms with van der Waals surface area (Å²) in [5.74, 6) is -0.0546. The zero-order valence-corrected chi connectivity index (χ0v) is 13.9. The van der Waals surface area contributed by atoms with E-state index in [1.165, 1.54) is 0 Å². The van der Waals surface area contributed by atoms with Gasteiger partial charge in [-0.05, 0) is 36.2 Å². The molecule has 4 rings (SSSR count). The largest absolute Gasteiger partial charge is 0.496 e. The van der Waals surface area contributed by atoms with Gasteiger partial charge >= 0.3 is 0 Å². The number of benzene rings is 1. The third-order valence-electron chi connectivity index (χ3n) is 4.33. The lowest BCUT2D eigenvalue weighted by atomic mass is 10.0. The van der Waals surface area contributed by atoms with Gasteiger partial charge in [0, 0.05) is 23.3 Å². The summed E-state index contributed by atoms with van der Waals surface area (Å²) >= 11 is 0. The molecule has 7 nitrogen and oxygen atoms in total. The smallest absolute Gasteiger partial charge is 0.231 e. The van der Waals surface area contributed by atoms with E-state index < -0.39 is 12.1 Å². The molecule has 0 unspecified atom stereocenters. The van der Waals surface area contributed by atoms with E-state index in [0.717, 1.165) is 11.1 Å². The van der Waals surface area contributed by atoms with Crippen LogP contribution in [0.1, 0.15) is 6.42 Å². The number of methoxy groups -OCH3 is 1. The molecule has 0 saturated heterocycles. The molecule has 0 spiro atoms. The van der Waals surface area contributed by atoms with Gasteiger partial charge in [0.15, 0.2) is 5.82 Å². The maximum atomic E-state index is 13.0. The highest BCUT2D eigenvalue weighted by Crippen LogP contribution is 2.35. The first kappa shape index (κ1) is 16.2. The van der Waals surface area contributed by atoms with Gasteiger partial charge in [-0.3, -0.25) is 9.78 Å². The molecule has 1 amide bonds. The maximum absolute atomic E-state index is 13.0. The number of nitrogens with zero attached hydrogens (tertiary/aromatic N) is 3. The third-order valence-corrected chi connectivity index (χ3v) is 4.33. The Kier molecular flexibility index (Phi) is 3.87. The number of hydrogen-bond donors (Lipinski definition) is 2. The predicted molar refractivity (Wildman–Crippen MR) is 95.4 cm³/mol. The second-order valence-corrected chi connectivity index (χ2v) is 6.16. The highest BCUT2D eigenvalue weighted by molar-refractivity contribution is 5.98. The first-order valence-electron chi connectivity index (χ1n) is 8.07. The molecule has 0 aliphatic heterocycles. The summed E-state index contributed by atoms with van der Waals surface area (Å²) in [6, 6.07) is 7.06. The standard InChI is InChI=1S/C18H16FN5O2/c1-26-15-2-3-21-8-12(15)9-4-10-6-16(22-18(25)11-7-13(11)19)23-24-17(10)14(20)5-9/h2-6,8,11,13H,7,20H2,1H3,(H,22,23,25)/t11-,13+/m0/s1. The van der Waals surface area contributed by atoms with E-state index in [-0.39, 0.29) is 18.1 Å². The number of ether oxygens (including phenoxy) is 1. The van der Waals surface area contributed by atoms with E-state index in [1.807, 2.05) is 6.07 Å². The number of amides is 1. The van der Waals surface area contributed by atoms with E-state index >= 15 is 0 Å². The Labute approximate surface area is 148 Å². The number of halogens is 1. The lowest BCUT2D eigenvalue weighted by Gasteiger charge is -2.11. The van der Waals surface area contributed by atoms with E-state index in [2.05, 4.69) is 20.5 Å². The molecule has 0 bridgehead atoms. The number of carbonyl (C=O) groups is 1. The minimum Gasteiger partial charge on any atom is -0.496 e. The van der Waals surface area contributed by atoms with Crippen LogP contribution in [-0.2, 0) is 4.79 Å². The second kappa shape index (κ2) is 6.21. The number of carbonyl (C=O) groups excluding carboxylic acids is 1. The van der Waals surface area contributed by atoms with Gasteiger partial charge in [-0.15, -0.1) is 10.2 Å². The lowest BCUT2D eigenvalue weighted by Crippen LogP contribution is -2.16. The van der Waals surface area contributed by atoms with Crippen LogP contribution in [0.25, 0.3) is 22.0 Å². The van der Waals surface area contributed by atoms with Crippen molar-refractivity contribution in [3.63, 3.8) is 0 Å². The van der Waals surface area contributed by atoms with Crippen LogP contribution in [-0.4, -0.2) is 34.4 Å². The molecule has 2 atom stereocenters. The Morgan fingerprint density at radius 2 is 2.15 bits per heavy atom. The van der Waals surface area contributed by atoms with Gasteiger partial charge in [-0.1, -0.05) is 0 Å². The van der Waals surface area contributed by atoms with Gasteiger partial charge in [-0.25, -0.2) is 4.39 Å². The van der Waals surface area contributed by atoms with Crippen LogP contribution in [0.15, 0.2) is 36.7 Å². The normalized spacial score (nSPS) is 18.5. The predicted octanol–water partition coefficient (Wildman–Crippen LogP) is 2.58. The molecule has 0 radical (unpaired) electrons. The third kappa shape index (κ3) is 2.90. The monoisotopic (exact) mass is 353 g/mol. The van der Waals surface area contributed by atoms with Gasteiger partial charge in [0.25, 0.3) is 0 Å². The molecular formula is C18H16FN5O2. The van der Waals surface area contributed by atoms with Crippen LogP contribution < -0.4 is 15.8 Å². The number of nitrogens with one attached hydrogen (secondary N) is 1. The first-order chi connectivity index (χ1) is 12.6. The molecular weight excluding hydrogens is 337 g/mol. The van der Waals surface area contributed by atoms with E-state index in [4.69, 9.17) is 10.5 Å². The van der Waals surface area contributed by atoms with Crippen LogP contribution in [0, 0.1) is 5.92 Å². The van der Waals surface area contributed by atoms with E-state index in [0.29, 0.717) is 22.3 Å². The molecule has 1 saturated carbocycles. The Balaban J connectivity index is 1.73. The number of nitrogen functional groups attached to an aromatic ring is 1. The van der Waals surface area contributed by atoms with Crippen molar-refractivity contribution in [3.05, 3.63) is 36.7 Å². The number of rotatable bonds is 4. The second-order valence-electron chi connectivity index (χ2n) is 6.16. The number of aromatic nitrogens is 3. The summed E-state index contributed by atoms with van der Waals surface area (Å²) in [5, 5.41) is 11.3. The number of nitrogens with two attached hydrogens (primary N) is 1. The van der Waals surface area contributed by atoms with Crippen LogP contribution in [0.4, 0.5) is 15.9 Å². The number of pyridine rings is 1. The molecule has 3 N–H and O–H groups in total. The molecule has 1 aliphatic carbocycles. The summed E-state index contributed by atoms with van der Waals surface area (Å²) < 4.78 is 18.4. The van der Waals surface area contributed by atoms with Crippen molar-refractivity contribution in [3.8, 4) is 16.9 Å². The van der Waals surface area contributed by atoms with Crippen molar-refractivity contribution in [1.29, 1.82) is 0 Å². The van der Waals surface area contributed by atoms with Crippen LogP contribution in [0.5, 0.6) is 5.75 Å². The summed E-state index contributed by atoms with van der Waals surface area (Å²) in [5.41, 5.74) is 8.66. The molecule has 8 heteroatoms. The Morgan fingerprint density at radius 3 is 2.88 bits per heavy atom. The Hall–Kier alpha value is -3.29. The van der Waals surface area contributed by atoms with Crippen molar-refractivity contribution in [2.45, 2.75) is 12.6 Å². The minimum atomic E-state index is -1.07. The molecule has 3 aromatic rings.